The van der Waals surface area contributed by atoms with Gasteiger partial charge in [0.05, 0.1) is 0 Å². The summed E-state index contributed by atoms with van der Waals surface area (Å²) in [6.45, 7) is 0.603. The molecular weight excluding hydrogens is 390 g/mol. The summed E-state index contributed by atoms with van der Waals surface area (Å²) in [5.41, 5.74) is 6.51. The van der Waals surface area contributed by atoms with Crippen LogP contribution in [-0.2, 0) is 32.3 Å². The van der Waals surface area contributed by atoms with Gasteiger partial charge in [0.1, 0.15) is 12.4 Å². The van der Waals surface area contributed by atoms with Crippen LogP contribution in [0.1, 0.15) is 40.7 Å². The molecule has 0 bridgehead atoms. The highest BCUT2D eigenvalue weighted by molar-refractivity contribution is 5.42. The molecule has 0 fully saturated rings. The minimum Gasteiger partial charge on any atom is -0.488 e. The summed E-state index contributed by atoms with van der Waals surface area (Å²) < 4.78 is 6.45. The van der Waals surface area contributed by atoms with Crippen molar-refractivity contribution in [2.45, 2.75) is 45.1 Å². The maximum absolute atomic E-state index is 6.45. The Morgan fingerprint density at radius 1 is 0.531 bits per heavy atom. The van der Waals surface area contributed by atoms with E-state index in [1.165, 1.54) is 27.8 Å². The number of nitrogens with zero attached hydrogens (tertiary/aromatic N) is 1. The first-order valence-corrected chi connectivity index (χ1v) is 11.6. The molecule has 0 N–H and O–H groups in total. The first-order chi connectivity index (χ1) is 15.9. The van der Waals surface area contributed by atoms with E-state index in [1.807, 2.05) is 24.5 Å². The second-order valence-corrected chi connectivity index (χ2v) is 8.23. The minimum absolute atomic E-state index is 0.603. The van der Waals surface area contributed by atoms with Crippen LogP contribution >= 0.6 is 0 Å². The standard InChI is InChI=1S/C30H31NO/c1-3-11-25(12-4-1)15-7-18-28-20-9-21-29(19-8-16-26-17-10-22-31-23-26)30(28)32-24-27-13-5-2-6-14-27/h1-6,9-14,17,20-23H,7-8,15-16,18-19,24H2. The van der Waals surface area contributed by atoms with Crippen LogP contribution in [0.5, 0.6) is 5.75 Å². The number of ether oxygens (including phenoxy) is 1. The van der Waals surface area contributed by atoms with Crippen LogP contribution in [0.2, 0.25) is 0 Å². The van der Waals surface area contributed by atoms with E-state index >= 15 is 0 Å². The molecule has 0 amide bonds. The molecule has 2 nitrogen and oxygen atoms in total. The fourth-order valence-electron chi connectivity index (χ4n) is 4.10. The number of aromatic nitrogens is 1. The van der Waals surface area contributed by atoms with Gasteiger partial charge < -0.3 is 4.74 Å². The Morgan fingerprint density at radius 3 is 1.75 bits per heavy atom. The zero-order chi connectivity index (χ0) is 21.8. The summed E-state index contributed by atoms with van der Waals surface area (Å²) in [6.07, 6.45) is 10.1. The van der Waals surface area contributed by atoms with Gasteiger partial charge in [-0.25, -0.2) is 0 Å². The summed E-state index contributed by atoms with van der Waals surface area (Å²) in [5, 5.41) is 0. The van der Waals surface area contributed by atoms with Crippen molar-refractivity contribution < 1.29 is 4.74 Å². The predicted octanol–water partition coefficient (Wildman–Crippen LogP) is 7.01. The molecule has 0 atom stereocenters. The van der Waals surface area contributed by atoms with Crippen molar-refractivity contribution in [3.63, 3.8) is 0 Å². The Kier molecular flexibility index (Phi) is 8.09. The normalized spacial score (nSPS) is 10.8. The molecule has 0 aliphatic rings. The van der Waals surface area contributed by atoms with Crippen LogP contribution in [0.3, 0.4) is 0 Å². The van der Waals surface area contributed by atoms with Gasteiger partial charge in [-0.2, -0.15) is 0 Å². The van der Waals surface area contributed by atoms with Crippen LogP contribution in [0, 0.1) is 0 Å². The Hall–Kier alpha value is -3.39. The molecule has 2 heteroatoms. The van der Waals surface area contributed by atoms with Crippen molar-refractivity contribution in [1.82, 2.24) is 4.98 Å². The van der Waals surface area contributed by atoms with Crippen LogP contribution in [0.25, 0.3) is 0 Å². The quantitative estimate of drug-likeness (QED) is 0.260. The molecule has 1 heterocycles. The minimum atomic E-state index is 0.603. The van der Waals surface area contributed by atoms with E-state index in [1.54, 1.807) is 0 Å². The molecule has 3 aromatic carbocycles. The van der Waals surface area contributed by atoms with Gasteiger partial charge in [-0.15, -0.1) is 0 Å². The summed E-state index contributed by atoms with van der Waals surface area (Å²) >= 11 is 0. The number of rotatable bonds is 11. The topological polar surface area (TPSA) is 22.1 Å². The van der Waals surface area contributed by atoms with Gasteiger partial charge in [-0.3, -0.25) is 4.98 Å². The third kappa shape index (κ3) is 6.55. The molecule has 0 saturated heterocycles. The number of para-hydroxylation sites is 1. The highest BCUT2D eigenvalue weighted by Crippen LogP contribution is 2.28. The maximum atomic E-state index is 6.45. The largest absolute Gasteiger partial charge is 0.488 e. The highest BCUT2D eigenvalue weighted by atomic mass is 16.5. The lowest BCUT2D eigenvalue weighted by atomic mass is 9.98. The van der Waals surface area contributed by atoms with E-state index in [4.69, 9.17) is 4.74 Å². The summed E-state index contributed by atoms with van der Waals surface area (Å²) in [6, 6.07) is 32.0. The molecule has 0 radical (unpaired) electrons. The van der Waals surface area contributed by atoms with Crippen LogP contribution in [0.15, 0.2) is 103 Å². The molecular formula is C30H31NO. The Balaban J connectivity index is 1.45. The zero-order valence-electron chi connectivity index (χ0n) is 18.6. The number of hydrogen-bond donors (Lipinski definition) is 0. The van der Waals surface area contributed by atoms with Crippen LogP contribution in [-0.4, -0.2) is 4.98 Å². The van der Waals surface area contributed by atoms with Gasteiger partial charge in [-0.05, 0) is 72.4 Å². The summed E-state index contributed by atoms with van der Waals surface area (Å²) in [5.74, 6) is 1.08. The van der Waals surface area contributed by atoms with Gasteiger partial charge in [0.25, 0.3) is 0 Å². The van der Waals surface area contributed by atoms with Crippen molar-refractivity contribution in [2.75, 3.05) is 0 Å². The molecule has 32 heavy (non-hydrogen) atoms. The van der Waals surface area contributed by atoms with Gasteiger partial charge >= 0.3 is 0 Å². The van der Waals surface area contributed by atoms with Gasteiger partial charge in [0.2, 0.25) is 0 Å². The molecule has 4 aromatic rings. The Morgan fingerprint density at radius 2 is 1.12 bits per heavy atom. The lowest BCUT2D eigenvalue weighted by molar-refractivity contribution is 0.299. The molecule has 0 aliphatic carbocycles. The van der Waals surface area contributed by atoms with Crippen LogP contribution in [0.4, 0.5) is 0 Å². The lowest BCUT2D eigenvalue weighted by Gasteiger charge is -2.17. The second kappa shape index (κ2) is 11.9. The zero-order valence-corrected chi connectivity index (χ0v) is 18.6. The Bertz CT molecular complexity index is 998. The van der Waals surface area contributed by atoms with E-state index in [2.05, 4.69) is 83.8 Å². The van der Waals surface area contributed by atoms with E-state index in [0.717, 1.165) is 44.3 Å². The monoisotopic (exact) mass is 421 g/mol. The van der Waals surface area contributed by atoms with Crippen molar-refractivity contribution in [3.8, 4) is 5.75 Å². The average Bonchev–Trinajstić information content (AvgIpc) is 2.85. The third-order valence-electron chi connectivity index (χ3n) is 5.79. The molecule has 0 aliphatic heterocycles. The fourth-order valence-corrected chi connectivity index (χ4v) is 4.10. The summed E-state index contributed by atoms with van der Waals surface area (Å²) in [7, 11) is 0. The number of benzene rings is 3. The van der Waals surface area contributed by atoms with E-state index < -0.39 is 0 Å². The molecule has 0 saturated carbocycles. The number of pyridine rings is 1. The number of hydrogen-bond acceptors (Lipinski definition) is 2. The molecule has 0 spiro atoms. The van der Waals surface area contributed by atoms with Crippen molar-refractivity contribution in [1.29, 1.82) is 0 Å². The van der Waals surface area contributed by atoms with Gasteiger partial charge in [-0.1, -0.05) is 84.9 Å². The van der Waals surface area contributed by atoms with E-state index in [-0.39, 0.29) is 0 Å². The molecule has 4 rings (SSSR count). The Labute approximate surface area is 191 Å². The van der Waals surface area contributed by atoms with Crippen molar-refractivity contribution in [3.05, 3.63) is 131 Å². The average molecular weight is 422 g/mol. The number of aryl methyl sites for hydroxylation is 4. The van der Waals surface area contributed by atoms with Crippen LogP contribution < -0.4 is 4.74 Å². The molecule has 0 unspecified atom stereocenters. The predicted molar refractivity (Wildman–Crippen MR) is 132 cm³/mol. The third-order valence-corrected chi connectivity index (χ3v) is 5.79. The first kappa shape index (κ1) is 21.8. The lowest BCUT2D eigenvalue weighted by Crippen LogP contribution is -2.04. The second-order valence-electron chi connectivity index (χ2n) is 8.23. The SMILES string of the molecule is c1ccc(CCCc2cccc(CCCc3cccnc3)c2OCc2ccccc2)cc1. The first-order valence-electron chi connectivity index (χ1n) is 11.6. The van der Waals surface area contributed by atoms with Crippen molar-refractivity contribution >= 4 is 0 Å². The summed E-state index contributed by atoms with van der Waals surface area (Å²) in [4.78, 5) is 4.24. The van der Waals surface area contributed by atoms with Gasteiger partial charge in [0, 0.05) is 12.4 Å². The van der Waals surface area contributed by atoms with E-state index in [9.17, 15) is 0 Å². The maximum Gasteiger partial charge on any atom is 0.126 e. The molecule has 1 aromatic heterocycles. The van der Waals surface area contributed by atoms with E-state index in [0.29, 0.717) is 6.61 Å². The molecule has 162 valence electrons. The fraction of sp³-hybridized carbons (Fsp3) is 0.233. The highest BCUT2D eigenvalue weighted by Gasteiger charge is 2.11. The van der Waals surface area contributed by atoms with Gasteiger partial charge in [0.15, 0.2) is 0 Å². The van der Waals surface area contributed by atoms with Crippen molar-refractivity contribution in [2.24, 2.45) is 0 Å². The smallest absolute Gasteiger partial charge is 0.126 e.